The van der Waals surface area contributed by atoms with Crippen LogP contribution in [0.4, 0.5) is 0 Å². The lowest BCUT2D eigenvalue weighted by Crippen LogP contribution is -2.05. The highest BCUT2D eigenvalue weighted by Gasteiger charge is 2.19. The quantitative estimate of drug-likeness (QED) is 0.558. The van der Waals surface area contributed by atoms with Crippen LogP contribution in [0.1, 0.15) is 56.0 Å². The van der Waals surface area contributed by atoms with Gasteiger partial charge >= 0.3 is 0 Å². The molecule has 0 atom stereocenters. The van der Waals surface area contributed by atoms with Gasteiger partial charge in [0.1, 0.15) is 11.0 Å². The Morgan fingerprint density at radius 2 is 1.75 bits per heavy atom. The van der Waals surface area contributed by atoms with Crippen molar-refractivity contribution in [2.45, 2.75) is 51.4 Å². The summed E-state index contributed by atoms with van der Waals surface area (Å²) in [5, 5.41) is 0.548. The molecule has 88 valence electrons. The molecule has 0 bridgehead atoms. The summed E-state index contributed by atoms with van der Waals surface area (Å²) in [7, 11) is 0. The van der Waals surface area contributed by atoms with Crippen molar-refractivity contribution in [3.8, 4) is 0 Å². The Labute approximate surface area is 110 Å². The summed E-state index contributed by atoms with van der Waals surface area (Å²) in [6, 6.07) is 0. The van der Waals surface area contributed by atoms with E-state index in [4.69, 9.17) is 11.6 Å². The van der Waals surface area contributed by atoms with Gasteiger partial charge < -0.3 is 0 Å². The highest BCUT2D eigenvalue weighted by atomic mass is 79.9. The molecule has 0 spiro atoms. The van der Waals surface area contributed by atoms with E-state index < -0.39 is 0 Å². The molecule has 1 aliphatic rings. The first-order valence-corrected chi connectivity index (χ1v) is 7.05. The van der Waals surface area contributed by atoms with Crippen molar-refractivity contribution < 1.29 is 0 Å². The van der Waals surface area contributed by atoms with Crippen molar-refractivity contribution in [3.63, 3.8) is 0 Å². The lowest BCUT2D eigenvalue weighted by atomic mass is 9.99. The smallest absolute Gasteiger partial charge is 0.147 e. The fraction of sp³-hybridized carbons (Fsp3) is 0.667. The molecule has 0 aromatic carbocycles. The van der Waals surface area contributed by atoms with Crippen LogP contribution in [0.3, 0.4) is 0 Å². The second-order valence-corrected chi connectivity index (χ2v) is 5.61. The molecule has 1 aromatic rings. The van der Waals surface area contributed by atoms with Crippen LogP contribution in [0, 0.1) is 6.92 Å². The van der Waals surface area contributed by atoms with Crippen LogP contribution in [-0.4, -0.2) is 9.97 Å². The fourth-order valence-corrected chi connectivity index (χ4v) is 2.67. The van der Waals surface area contributed by atoms with E-state index in [1.165, 1.54) is 38.5 Å². The first kappa shape index (κ1) is 12.3. The SMILES string of the molecule is Cc1nc(C2CCCCCC2)nc(Cl)c1Br. The van der Waals surface area contributed by atoms with Crippen LogP contribution in [0.5, 0.6) is 0 Å². The van der Waals surface area contributed by atoms with Gasteiger partial charge in [0.2, 0.25) is 0 Å². The summed E-state index contributed by atoms with van der Waals surface area (Å²) in [6.07, 6.45) is 7.69. The number of hydrogen-bond donors (Lipinski definition) is 0. The molecular weight excluding hydrogens is 288 g/mol. The van der Waals surface area contributed by atoms with E-state index in [0.29, 0.717) is 11.1 Å². The van der Waals surface area contributed by atoms with E-state index in [9.17, 15) is 0 Å². The van der Waals surface area contributed by atoms with E-state index >= 15 is 0 Å². The van der Waals surface area contributed by atoms with E-state index in [0.717, 1.165) is 16.0 Å². The van der Waals surface area contributed by atoms with Gasteiger partial charge in [-0.1, -0.05) is 37.3 Å². The Morgan fingerprint density at radius 1 is 1.12 bits per heavy atom. The number of halogens is 2. The van der Waals surface area contributed by atoms with Crippen LogP contribution < -0.4 is 0 Å². The third-order valence-corrected chi connectivity index (χ3v) is 4.67. The van der Waals surface area contributed by atoms with Crippen LogP contribution in [0.15, 0.2) is 4.47 Å². The molecule has 4 heteroatoms. The molecule has 0 amide bonds. The Morgan fingerprint density at radius 3 is 2.31 bits per heavy atom. The molecule has 0 N–H and O–H groups in total. The summed E-state index contributed by atoms with van der Waals surface area (Å²) >= 11 is 9.48. The molecule has 1 heterocycles. The van der Waals surface area contributed by atoms with Crippen LogP contribution in [0.25, 0.3) is 0 Å². The maximum Gasteiger partial charge on any atom is 0.147 e. The maximum atomic E-state index is 6.08. The van der Waals surface area contributed by atoms with Gasteiger partial charge in [0.05, 0.1) is 10.2 Å². The van der Waals surface area contributed by atoms with Crippen molar-refractivity contribution in [2.24, 2.45) is 0 Å². The van der Waals surface area contributed by atoms with Crippen molar-refractivity contribution in [1.29, 1.82) is 0 Å². The second kappa shape index (κ2) is 5.46. The van der Waals surface area contributed by atoms with Gasteiger partial charge in [-0.3, -0.25) is 0 Å². The van der Waals surface area contributed by atoms with Crippen molar-refractivity contribution in [3.05, 3.63) is 21.1 Å². The average Bonchev–Trinajstić information content (AvgIpc) is 2.53. The first-order valence-electron chi connectivity index (χ1n) is 5.88. The Balaban J connectivity index is 2.25. The number of nitrogens with zero attached hydrogens (tertiary/aromatic N) is 2. The molecule has 0 saturated heterocycles. The minimum atomic E-state index is 0.506. The molecular formula is C12H16BrClN2. The molecule has 0 radical (unpaired) electrons. The van der Waals surface area contributed by atoms with E-state index in [2.05, 4.69) is 25.9 Å². The Bertz CT molecular complexity index is 350. The molecule has 1 aromatic heterocycles. The van der Waals surface area contributed by atoms with Crippen molar-refractivity contribution >= 4 is 27.5 Å². The minimum Gasteiger partial charge on any atom is -0.237 e. The fourth-order valence-electron chi connectivity index (χ4n) is 2.26. The maximum absolute atomic E-state index is 6.08. The standard InChI is InChI=1S/C12H16BrClN2/c1-8-10(13)11(14)16-12(15-8)9-6-4-2-3-5-7-9/h9H,2-7H2,1H3. The summed E-state index contributed by atoms with van der Waals surface area (Å²) in [5.74, 6) is 1.44. The van der Waals surface area contributed by atoms with Crippen molar-refractivity contribution in [2.75, 3.05) is 0 Å². The summed E-state index contributed by atoms with van der Waals surface area (Å²) in [6.45, 7) is 1.97. The first-order chi connectivity index (χ1) is 7.68. The molecule has 1 saturated carbocycles. The molecule has 2 nitrogen and oxygen atoms in total. The van der Waals surface area contributed by atoms with Crippen molar-refractivity contribution in [1.82, 2.24) is 9.97 Å². The van der Waals surface area contributed by atoms with Gasteiger partial charge in [-0.15, -0.1) is 0 Å². The van der Waals surface area contributed by atoms with E-state index in [-0.39, 0.29) is 0 Å². The molecule has 16 heavy (non-hydrogen) atoms. The Hall–Kier alpha value is -0.150. The predicted octanol–water partition coefficient (Wildman–Crippen LogP) is 4.64. The Kier molecular flexibility index (Phi) is 4.20. The highest BCUT2D eigenvalue weighted by Crippen LogP contribution is 2.32. The monoisotopic (exact) mass is 302 g/mol. The number of rotatable bonds is 1. The third-order valence-electron chi connectivity index (χ3n) is 3.21. The zero-order chi connectivity index (χ0) is 11.5. The largest absolute Gasteiger partial charge is 0.237 e. The molecule has 0 unspecified atom stereocenters. The summed E-state index contributed by atoms with van der Waals surface area (Å²) < 4.78 is 0.825. The predicted molar refractivity (Wildman–Crippen MR) is 69.9 cm³/mol. The second-order valence-electron chi connectivity index (χ2n) is 4.46. The molecule has 1 fully saturated rings. The van der Waals surface area contributed by atoms with Gasteiger partial charge in [-0.25, -0.2) is 9.97 Å². The van der Waals surface area contributed by atoms with Gasteiger partial charge in [0, 0.05) is 5.92 Å². The van der Waals surface area contributed by atoms with Gasteiger partial charge in [-0.05, 0) is 35.7 Å². The normalized spacial score (nSPS) is 18.4. The third kappa shape index (κ3) is 2.75. The molecule has 1 aliphatic carbocycles. The zero-order valence-electron chi connectivity index (χ0n) is 9.47. The summed E-state index contributed by atoms with van der Waals surface area (Å²) in [5.41, 5.74) is 0.944. The lowest BCUT2D eigenvalue weighted by Gasteiger charge is -2.13. The summed E-state index contributed by atoms with van der Waals surface area (Å²) in [4.78, 5) is 8.96. The van der Waals surface area contributed by atoms with Gasteiger partial charge in [0.25, 0.3) is 0 Å². The van der Waals surface area contributed by atoms with E-state index in [1.54, 1.807) is 0 Å². The number of aryl methyl sites for hydroxylation is 1. The van der Waals surface area contributed by atoms with Crippen LogP contribution in [0.2, 0.25) is 5.15 Å². The molecule has 0 aliphatic heterocycles. The van der Waals surface area contributed by atoms with Crippen LogP contribution >= 0.6 is 27.5 Å². The number of aromatic nitrogens is 2. The van der Waals surface area contributed by atoms with Gasteiger partial charge in [0.15, 0.2) is 0 Å². The number of hydrogen-bond acceptors (Lipinski definition) is 2. The topological polar surface area (TPSA) is 25.8 Å². The van der Waals surface area contributed by atoms with E-state index in [1.807, 2.05) is 6.92 Å². The highest BCUT2D eigenvalue weighted by molar-refractivity contribution is 9.10. The minimum absolute atomic E-state index is 0.506. The average molecular weight is 304 g/mol. The zero-order valence-corrected chi connectivity index (χ0v) is 11.8. The van der Waals surface area contributed by atoms with Crippen LogP contribution in [-0.2, 0) is 0 Å². The lowest BCUT2D eigenvalue weighted by molar-refractivity contribution is 0.558. The molecule has 2 rings (SSSR count). The van der Waals surface area contributed by atoms with Gasteiger partial charge in [-0.2, -0.15) is 0 Å².